The molecule has 1 fully saturated rings. The summed E-state index contributed by atoms with van der Waals surface area (Å²) in [5, 5.41) is 0.424. The minimum absolute atomic E-state index is 0.0813. The van der Waals surface area contributed by atoms with Gasteiger partial charge in [0.05, 0.1) is 12.3 Å². The van der Waals surface area contributed by atoms with Crippen LogP contribution in [0.3, 0.4) is 0 Å². The molecule has 1 aromatic heterocycles. The number of anilines is 1. The van der Waals surface area contributed by atoms with Crippen molar-refractivity contribution in [3.63, 3.8) is 0 Å². The highest BCUT2D eigenvalue weighted by Gasteiger charge is 2.28. The molecule has 0 aliphatic carbocycles. The summed E-state index contributed by atoms with van der Waals surface area (Å²) in [6.07, 6.45) is -0.592. The molecule has 2 heterocycles. The Morgan fingerprint density at radius 1 is 1.61 bits per heavy atom. The van der Waals surface area contributed by atoms with Gasteiger partial charge in [0.1, 0.15) is 12.4 Å². The molecule has 18 heavy (non-hydrogen) atoms. The molecule has 0 radical (unpaired) electrons. The van der Waals surface area contributed by atoms with E-state index in [0.29, 0.717) is 17.5 Å². The molecule has 0 bridgehead atoms. The summed E-state index contributed by atoms with van der Waals surface area (Å²) in [5.74, 6) is 0.127. The van der Waals surface area contributed by atoms with Crippen molar-refractivity contribution in [2.75, 3.05) is 24.6 Å². The lowest BCUT2D eigenvalue weighted by molar-refractivity contribution is -0.125. The average molecular weight is 268 g/mol. The van der Waals surface area contributed by atoms with Gasteiger partial charge in [-0.1, -0.05) is 11.8 Å². The van der Waals surface area contributed by atoms with E-state index in [0.717, 1.165) is 22.4 Å². The van der Waals surface area contributed by atoms with Gasteiger partial charge in [0, 0.05) is 11.8 Å². The minimum atomic E-state index is -0.592. The monoisotopic (exact) mass is 268 g/mol. The van der Waals surface area contributed by atoms with E-state index in [4.69, 9.17) is 5.73 Å². The van der Waals surface area contributed by atoms with Crippen LogP contribution in [0.4, 0.5) is 10.6 Å². The second kappa shape index (κ2) is 5.21. The highest BCUT2D eigenvalue weighted by Crippen LogP contribution is 2.16. The highest BCUT2D eigenvalue weighted by molar-refractivity contribution is 7.99. The largest absolute Gasteiger partial charge is 0.447 e. The number of hydrogen-bond acceptors (Lipinski definition) is 7. The third kappa shape index (κ3) is 2.89. The molecule has 1 aliphatic heterocycles. The second-order valence-corrected chi connectivity index (χ2v) is 4.61. The van der Waals surface area contributed by atoms with Gasteiger partial charge in [0.15, 0.2) is 5.16 Å². The standard InChI is InChI=1S/C10H12N4O3S/c1-6-4-7(11)13-9(12-6)18-5-8(15)14-2-3-17-10(14)16/h4H,2-3,5H2,1H3,(H2,11,12,13). The normalized spacial score (nSPS) is 14.7. The van der Waals surface area contributed by atoms with Crippen molar-refractivity contribution in [1.29, 1.82) is 0 Å². The van der Waals surface area contributed by atoms with Crippen LogP contribution < -0.4 is 5.73 Å². The summed E-state index contributed by atoms with van der Waals surface area (Å²) in [6.45, 7) is 2.35. The number of imide groups is 1. The molecule has 1 aromatic rings. The first-order valence-corrected chi connectivity index (χ1v) is 6.26. The van der Waals surface area contributed by atoms with E-state index < -0.39 is 6.09 Å². The smallest absolute Gasteiger partial charge is 0.416 e. The minimum Gasteiger partial charge on any atom is -0.447 e. The van der Waals surface area contributed by atoms with E-state index in [-0.39, 0.29) is 18.3 Å². The van der Waals surface area contributed by atoms with Gasteiger partial charge in [-0.05, 0) is 6.92 Å². The molecular weight excluding hydrogens is 256 g/mol. The zero-order chi connectivity index (χ0) is 13.1. The van der Waals surface area contributed by atoms with Crippen LogP contribution in [0, 0.1) is 6.92 Å². The lowest BCUT2D eigenvalue weighted by atomic mass is 10.4. The van der Waals surface area contributed by atoms with Crippen LogP contribution in [0.5, 0.6) is 0 Å². The summed E-state index contributed by atoms with van der Waals surface area (Å²) < 4.78 is 4.68. The summed E-state index contributed by atoms with van der Waals surface area (Å²) >= 11 is 1.14. The number of aryl methyl sites for hydroxylation is 1. The van der Waals surface area contributed by atoms with E-state index in [9.17, 15) is 9.59 Å². The van der Waals surface area contributed by atoms with Crippen molar-refractivity contribution in [1.82, 2.24) is 14.9 Å². The van der Waals surface area contributed by atoms with Crippen LogP contribution in [0.25, 0.3) is 0 Å². The summed E-state index contributed by atoms with van der Waals surface area (Å²) in [7, 11) is 0. The topological polar surface area (TPSA) is 98.4 Å². The van der Waals surface area contributed by atoms with Crippen molar-refractivity contribution >= 4 is 29.6 Å². The maximum absolute atomic E-state index is 11.7. The van der Waals surface area contributed by atoms with Gasteiger partial charge >= 0.3 is 6.09 Å². The molecule has 0 unspecified atom stereocenters. The third-order valence-electron chi connectivity index (χ3n) is 2.24. The molecule has 2 rings (SSSR count). The fraction of sp³-hybridized carbons (Fsp3) is 0.400. The fourth-order valence-electron chi connectivity index (χ4n) is 1.45. The second-order valence-electron chi connectivity index (χ2n) is 3.67. The number of aromatic nitrogens is 2. The van der Waals surface area contributed by atoms with Crippen molar-refractivity contribution in [3.8, 4) is 0 Å². The molecule has 0 saturated carbocycles. The number of nitrogens with two attached hydrogens (primary N) is 1. The number of cyclic esters (lactones) is 1. The Kier molecular flexibility index (Phi) is 3.66. The number of nitrogens with zero attached hydrogens (tertiary/aromatic N) is 3. The number of nitrogen functional groups attached to an aromatic ring is 1. The first kappa shape index (κ1) is 12.6. The zero-order valence-electron chi connectivity index (χ0n) is 9.75. The highest BCUT2D eigenvalue weighted by atomic mass is 32.2. The first-order valence-electron chi connectivity index (χ1n) is 5.27. The van der Waals surface area contributed by atoms with Crippen LogP contribution >= 0.6 is 11.8 Å². The van der Waals surface area contributed by atoms with E-state index >= 15 is 0 Å². The molecule has 8 heteroatoms. The third-order valence-corrected chi connectivity index (χ3v) is 3.07. The molecule has 0 aromatic carbocycles. The van der Waals surface area contributed by atoms with E-state index in [1.165, 1.54) is 0 Å². The van der Waals surface area contributed by atoms with Gasteiger partial charge < -0.3 is 10.5 Å². The van der Waals surface area contributed by atoms with Gasteiger partial charge in [-0.25, -0.2) is 19.7 Å². The van der Waals surface area contributed by atoms with E-state index in [1.807, 2.05) is 0 Å². The van der Waals surface area contributed by atoms with Crippen molar-refractivity contribution in [2.24, 2.45) is 0 Å². The number of amides is 2. The Balaban J connectivity index is 1.95. The molecule has 1 aliphatic rings. The van der Waals surface area contributed by atoms with Crippen molar-refractivity contribution in [2.45, 2.75) is 12.1 Å². The molecular formula is C10H12N4O3S. The predicted octanol–water partition coefficient (Wildman–Crippen LogP) is 0.438. The molecule has 2 N–H and O–H groups in total. The van der Waals surface area contributed by atoms with Gasteiger partial charge in [-0.15, -0.1) is 0 Å². The Labute approximate surface area is 108 Å². The Morgan fingerprint density at radius 3 is 3.00 bits per heavy atom. The molecule has 0 atom stereocenters. The van der Waals surface area contributed by atoms with Crippen LogP contribution in [-0.4, -0.2) is 45.8 Å². The molecule has 2 amide bonds. The molecule has 1 saturated heterocycles. The fourth-order valence-corrected chi connectivity index (χ4v) is 2.24. The number of thioether (sulfide) groups is 1. The number of hydrogen-bond donors (Lipinski definition) is 1. The van der Waals surface area contributed by atoms with Crippen LogP contribution in [0.1, 0.15) is 5.69 Å². The Hall–Kier alpha value is -1.83. The average Bonchev–Trinajstić information content (AvgIpc) is 2.71. The van der Waals surface area contributed by atoms with E-state index in [1.54, 1.807) is 13.0 Å². The predicted molar refractivity (Wildman–Crippen MR) is 65.0 cm³/mol. The Morgan fingerprint density at radius 2 is 2.39 bits per heavy atom. The first-order chi connectivity index (χ1) is 8.56. The number of rotatable bonds is 3. The maximum atomic E-state index is 11.7. The summed E-state index contributed by atoms with van der Waals surface area (Å²) in [4.78, 5) is 32.1. The number of ether oxygens (including phenoxy) is 1. The maximum Gasteiger partial charge on any atom is 0.416 e. The van der Waals surface area contributed by atoms with Gasteiger partial charge in [-0.2, -0.15) is 0 Å². The Bertz CT molecular complexity index is 474. The molecule has 96 valence electrons. The van der Waals surface area contributed by atoms with Crippen LogP contribution in [-0.2, 0) is 9.53 Å². The van der Waals surface area contributed by atoms with Gasteiger partial charge in [-0.3, -0.25) is 4.79 Å². The lowest BCUT2D eigenvalue weighted by Crippen LogP contribution is -2.33. The van der Waals surface area contributed by atoms with Crippen molar-refractivity contribution in [3.05, 3.63) is 11.8 Å². The molecule has 7 nitrogen and oxygen atoms in total. The lowest BCUT2D eigenvalue weighted by Gasteiger charge is -2.09. The van der Waals surface area contributed by atoms with Gasteiger partial charge in [0.25, 0.3) is 0 Å². The van der Waals surface area contributed by atoms with Crippen LogP contribution in [0.2, 0.25) is 0 Å². The SMILES string of the molecule is Cc1cc(N)nc(SCC(=O)N2CCOC2=O)n1. The zero-order valence-corrected chi connectivity index (χ0v) is 10.6. The number of carbonyl (C=O) groups is 2. The van der Waals surface area contributed by atoms with Crippen molar-refractivity contribution < 1.29 is 14.3 Å². The van der Waals surface area contributed by atoms with Gasteiger partial charge in [0.2, 0.25) is 5.91 Å². The summed E-state index contributed by atoms with van der Waals surface area (Å²) in [5.41, 5.74) is 6.31. The van der Waals surface area contributed by atoms with Crippen LogP contribution in [0.15, 0.2) is 11.2 Å². The summed E-state index contributed by atoms with van der Waals surface area (Å²) in [6, 6.07) is 1.64. The quantitative estimate of drug-likeness (QED) is 0.627. The molecule has 0 spiro atoms. The number of carbonyl (C=O) groups excluding carboxylic acids is 2. The van der Waals surface area contributed by atoms with E-state index in [2.05, 4.69) is 14.7 Å².